The Labute approximate surface area is 267 Å². The lowest BCUT2D eigenvalue weighted by molar-refractivity contribution is -0.140. The number of carbonyl (C=O) groups is 2. The minimum Gasteiger partial charge on any atom is -0.495 e. The van der Waals surface area contributed by atoms with Gasteiger partial charge in [0.25, 0.3) is 10.0 Å². The predicted octanol–water partition coefficient (Wildman–Crippen LogP) is 5.82. The Kier molecular flexibility index (Phi) is 11.6. The standard InChI is InChI=1S/C34H36BrN3O5S/c1-3-21-36-34(40)31(23-26-13-6-4-7-14-26)37(24-27-15-12-16-28(35)22-27)33(39)25-38(30-19-10-11-20-32(30)43-2)44(41,42)29-17-8-5-9-18-29/h4-20,22,31H,3,21,23-25H2,1-2H3,(H,36,40)/t31-/m1/s1. The van der Waals surface area contributed by atoms with Gasteiger partial charge in [0, 0.05) is 24.0 Å². The molecule has 8 nitrogen and oxygen atoms in total. The average molecular weight is 679 g/mol. The van der Waals surface area contributed by atoms with Gasteiger partial charge in [-0.15, -0.1) is 0 Å². The molecule has 1 atom stereocenters. The number of hydrogen-bond acceptors (Lipinski definition) is 5. The molecule has 0 radical (unpaired) electrons. The van der Waals surface area contributed by atoms with Gasteiger partial charge < -0.3 is 15.0 Å². The molecule has 2 amide bonds. The van der Waals surface area contributed by atoms with Crippen LogP contribution in [-0.4, -0.2) is 51.4 Å². The molecule has 230 valence electrons. The van der Waals surface area contributed by atoms with Gasteiger partial charge in [-0.05, 0) is 53.9 Å². The molecule has 10 heteroatoms. The van der Waals surface area contributed by atoms with Crippen LogP contribution >= 0.6 is 15.9 Å². The third-order valence-corrected chi connectivity index (χ3v) is 9.29. The van der Waals surface area contributed by atoms with Crippen LogP contribution in [0.25, 0.3) is 0 Å². The maximum absolute atomic E-state index is 14.5. The van der Waals surface area contributed by atoms with E-state index >= 15 is 0 Å². The second-order valence-electron chi connectivity index (χ2n) is 10.1. The third-order valence-electron chi connectivity index (χ3n) is 7.03. The molecule has 44 heavy (non-hydrogen) atoms. The second-order valence-corrected chi connectivity index (χ2v) is 12.9. The summed E-state index contributed by atoms with van der Waals surface area (Å²) in [6, 6.07) is 30.6. The summed E-state index contributed by atoms with van der Waals surface area (Å²) in [4.78, 5) is 29.7. The first-order chi connectivity index (χ1) is 21.2. The van der Waals surface area contributed by atoms with Crippen molar-refractivity contribution in [3.8, 4) is 5.75 Å². The number of benzene rings is 4. The van der Waals surface area contributed by atoms with E-state index in [9.17, 15) is 18.0 Å². The van der Waals surface area contributed by atoms with E-state index in [-0.39, 0.29) is 29.5 Å². The van der Waals surface area contributed by atoms with Crippen molar-refractivity contribution in [3.63, 3.8) is 0 Å². The summed E-state index contributed by atoms with van der Waals surface area (Å²) in [7, 11) is -2.77. The van der Waals surface area contributed by atoms with Gasteiger partial charge in [-0.25, -0.2) is 8.42 Å². The van der Waals surface area contributed by atoms with E-state index in [2.05, 4.69) is 21.2 Å². The molecule has 4 rings (SSSR count). The molecule has 0 saturated heterocycles. The summed E-state index contributed by atoms with van der Waals surface area (Å²) in [6.45, 7) is 1.92. The molecule has 0 saturated carbocycles. The normalized spacial score (nSPS) is 11.8. The van der Waals surface area contributed by atoms with Gasteiger partial charge in [0.2, 0.25) is 11.8 Å². The number of hydrogen-bond donors (Lipinski definition) is 1. The molecular weight excluding hydrogens is 642 g/mol. The molecule has 1 N–H and O–H groups in total. The fourth-order valence-corrected chi connectivity index (χ4v) is 6.71. The zero-order valence-corrected chi connectivity index (χ0v) is 27.1. The number of anilines is 1. The van der Waals surface area contributed by atoms with Crippen molar-refractivity contribution in [1.29, 1.82) is 0 Å². The molecule has 0 aliphatic heterocycles. The molecule has 4 aromatic carbocycles. The summed E-state index contributed by atoms with van der Waals surface area (Å²) in [5.74, 6) is -0.559. The van der Waals surface area contributed by atoms with E-state index in [4.69, 9.17) is 4.74 Å². The molecule has 0 heterocycles. The quantitative estimate of drug-likeness (QED) is 0.182. The number of methoxy groups -OCH3 is 1. The van der Waals surface area contributed by atoms with Crippen LogP contribution in [0.1, 0.15) is 24.5 Å². The highest BCUT2D eigenvalue weighted by Gasteiger charge is 2.35. The first-order valence-electron chi connectivity index (χ1n) is 14.3. The lowest BCUT2D eigenvalue weighted by Crippen LogP contribution is -2.53. The van der Waals surface area contributed by atoms with Crippen LogP contribution in [0.15, 0.2) is 119 Å². The van der Waals surface area contributed by atoms with Crippen molar-refractivity contribution in [2.24, 2.45) is 0 Å². The first kappa shape index (κ1) is 32.8. The van der Waals surface area contributed by atoms with Crippen molar-refractivity contribution in [2.75, 3.05) is 24.5 Å². The van der Waals surface area contributed by atoms with Crippen molar-refractivity contribution in [3.05, 3.63) is 125 Å². The monoisotopic (exact) mass is 677 g/mol. The Hall–Kier alpha value is -4.15. The van der Waals surface area contributed by atoms with Crippen LogP contribution in [0.4, 0.5) is 5.69 Å². The summed E-state index contributed by atoms with van der Waals surface area (Å²) >= 11 is 3.50. The van der Waals surface area contributed by atoms with Crippen LogP contribution in [0.5, 0.6) is 5.75 Å². The smallest absolute Gasteiger partial charge is 0.264 e. The number of nitrogens with one attached hydrogen (secondary N) is 1. The van der Waals surface area contributed by atoms with Crippen molar-refractivity contribution in [1.82, 2.24) is 10.2 Å². The van der Waals surface area contributed by atoms with Gasteiger partial charge in [0.1, 0.15) is 18.3 Å². The maximum Gasteiger partial charge on any atom is 0.264 e. The molecule has 0 spiro atoms. The minimum absolute atomic E-state index is 0.0266. The summed E-state index contributed by atoms with van der Waals surface area (Å²) in [5, 5.41) is 2.95. The number of rotatable bonds is 14. The lowest BCUT2D eigenvalue weighted by atomic mass is 10.0. The van der Waals surface area contributed by atoms with E-state index in [1.807, 2.05) is 61.5 Å². The highest BCUT2D eigenvalue weighted by molar-refractivity contribution is 9.10. The molecule has 0 aliphatic rings. The predicted molar refractivity (Wildman–Crippen MR) is 176 cm³/mol. The van der Waals surface area contributed by atoms with Crippen molar-refractivity contribution >= 4 is 43.5 Å². The van der Waals surface area contributed by atoms with Crippen molar-refractivity contribution in [2.45, 2.75) is 37.2 Å². The number of carbonyl (C=O) groups excluding carboxylic acids is 2. The lowest BCUT2D eigenvalue weighted by Gasteiger charge is -2.34. The van der Waals surface area contributed by atoms with Gasteiger partial charge in [-0.2, -0.15) is 0 Å². The Morgan fingerprint density at radius 1 is 0.864 bits per heavy atom. The first-order valence-corrected chi connectivity index (χ1v) is 16.5. The Morgan fingerprint density at radius 2 is 1.50 bits per heavy atom. The summed E-state index contributed by atoms with van der Waals surface area (Å²) in [5.41, 5.74) is 1.86. The van der Waals surface area contributed by atoms with Gasteiger partial charge in [0.05, 0.1) is 17.7 Å². The number of halogens is 1. The molecular formula is C34H36BrN3O5S. The van der Waals surface area contributed by atoms with Crippen LogP contribution < -0.4 is 14.4 Å². The Balaban J connectivity index is 1.82. The molecule has 4 aromatic rings. The van der Waals surface area contributed by atoms with E-state index < -0.39 is 28.5 Å². The Morgan fingerprint density at radius 3 is 2.16 bits per heavy atom. The molecule has 0 aliphatic carbocycles. The van der Waals surface area contributed by atoms with E-state index in [0.717, 1.165) is 26.3 Å². The van der Waals surface area contributed by atoms with E-state index in [0.29, 0.717) is 12.3 Å². The summed E-state index contributed by atoms with van der Waals surface area (Å²) < 4.78 is 35.6. The van der Waals surface area contributed by atoms with Crippen LogP contribution in [0.3, 0.4) is 0 Å². The number of nitrogens with zero attached hydrogens (tertiary/aromatic N) is 2. The number of ether oxygens (including phenoxy) is 1. The fraction of sp³-hybridized carbons (Fsp3) is 0.235. The minimum atomic E-state index is -4.22. The molecule has 0 aromatic heterocycles. The topological polar surface area (TPSA) is 96.0 Å². The van der Waals surface area contributed by atoms with Gasteiger partial charge in [-0.1, -0.05) is 95.7 Å². The van der Waals surface area contributed by atoms with Crippen LogP contribution in [0, 0.1) is 0 Å². The van der Waals surface area contributed by atoms with Gasteiger partial charge >= 0.3 is 0 Å². The average Bonchev–Trinajstić information content (AvgIpc) is 3.04. The number of para-hydroxylation sites is 2. The second kappa shape index (κ2) is 15.5. The molecule has 0 fully saturated rings. The fourth-order valence-electron chi connectivity index (χ4n) is 4.82. The van der Waals surface area contributed by atoms with Crippen LogP contribution in [0.2, 0.25) is 0 Å². The van der Waals surface area contributed by atoms with Gasteiger partial charge in [-0.3, -0.25) is 13.9 Å². The zero-order chi connectivity index (χ0) is 31.5. The van der Waals surface area contributed by atoms with Gasteiger partial charge in [0.15, 0.2) is 0 Å². The SMILES string of the molecule is CCCNC(=O)[C@@H](Cc1ccccc1)N(Cc1cccc(Br)c1)C(=O)CN(c1ccccc1OC)S(=O)(=O)c1ccccc1. The van der Waals surface area contributed by atoms with Crippen molar-refractivity contribution < 1.29 is 22.7 Å². The highest BCUT2D eigenvalue weighted by Crippen LogP contribution is 2.32. The zero-order valence-electron chi connectivity index (χ0n) is 24.7. The largest absolute Gasteiger partial charge is 0.495 e. The maximum atomic E-state index is 14.5. The summed E-state index contributed by atoms with van der Waals surface area (Å²) in [6.07, 6.45) is 0.969. The van der Waals surface area contributed by atoms with E-state index in [1.54, 1.807) is 42.5 Å². The van der Waals surface area contributed by atoms with Crippen LogP contribution in [-0.2, 0) is 32.6 Å². The number of amides is 2. The van der Waals surface area contributed by atoms with E-state index in [1.165, 1.54) is 24.1 Å². The third kappa shape index (κ3) is 8.27. The highest BCUT2D eigenvalue weighted by atomic mass is 79.9. The molecule has 0 bridgehead atoms. The molecule has 0 unspecified atom stereocenters. The number of sulfonamides is 1. The Bertz CT molecular complexity index is 1650.